The number of benzene rings is 1. The third kappa shape index (κ3) is 4.32. The summed E-state index contributed by atoms with van der Waals surface area (Å²) in [6.45, 7) is 4.42. The molecule has 2 N–H and O–H groups in total. The summed E-state index contributed by atoms with van der Waals surface area (Å²) in [5.41, 5.74) is -0.215. The van der Waals surface area contributed by atoms with Gasteiger partial charge in [0.05, 0.1) is 11.3 Å². The molecule has 3 rings (SSSR count). The van der Waals surface area contributed by atoms with Crippen molar-refractivity contribution >= 4 is 11.9 Å². The molecule has 0 radical (unpaired) electrons. The van der Waals surface area contributed by atoms with Gasteiger partial charge in [0.2, 0.25) is 11.9 Å². The zero-order valence-electron chi connectivity index (χ0n) is 15.4. The molecule has 0 spiro atoms. The topological polar surface area (TPSA) is 91.2 Å². The van der Waals surface area contributed by atoms with Gasteiger partial charge < -0.3 is 15.3 Å². The summed E-state index contributed by atoms with van der Waals surface area (Å²) in [6, 6.07) is 2.67. The van der Waals surface area contributed by atoms with E-state index in [4.69, 9.17) is 0 Å². The highest BCUT2D eigenvalue weighted by molar-refractivity contribution is 5.73. The van der Waals surface area contributed by atoms with Gasteiger partial charge in [-0.2, -0.15) is 13.2 Å². The van der Waals surface area contributed by atoms with Crippen molar-refractivity contribution in [2.24, 2.45) is 0 Å². The number of piperidine rings is 1. The highest BCUT2D eigenvalue weighted by Crippen LogP contribution is 2.36. The molecule has 0 aliphatic carbocycles. The molecule has 1 fully saturated rings. The van der Waals surface area contributed by atoms with Gasteiger partial charge >= 0.3 is 6.18 Å². The van der Waals surface area contributed by atoms with Gasteiger partial charge in [-0.15, -0.1) is 10.2 Å². The first-order valence-electron chi connectivity index (χ1n) is 8.79. The summed E-state index contributed by atoms with van der Waals surface area (Å²) in [5.74, 6) is -0.267. The zero-order valence-corrected chi connectivity index (χ0v) is 15.4. The molecule has 1 saturated heterocycles. The number of alkyl halides is 3. The standard InChI is InChI=1S/C18H20F3N5O2/c1-10-16(14-6-5-12(8-15(14)28)18(19,20)21)24-25-17(22-10)23-13-4-3-7-26(9-13)11(2)27/h5-6,8,13,28H,3-4,7,9H2,1-2H3,(H,22,23,25)/t13-/m1/s1. The lowest BCUT2D eigenvalue weighted by molar-refractivity contribution is -0.137. The maximum Gasteiger partial charge on any atom is 0.416 e. The van der Waals surface area contributed by atoms with E-state index in [0.29, 0.717) is 18.3 Å². The Kier molecular flexibility index (Phi) is 5.39. The Morgan fingerprint density at radius 2 is 2.07 bits per heavy atom. The molecule has 0 saturated carbocycles. The molecule has 10 heteroatoms. The Labute approximate surface area is 159 Å². The van der Waals surface area contributed by atoms with Gasteiger partial charge in [-0.3, -0.25) is 4.79 Å². The van der Waals surface area contributed by atoms with Crippen LogP contribution in [0, 0.1) is 6.92 Å². The largest absolute Gasteiger partial charge is 0.507 e. The monoisotopic (exact) mass is 395 g/mol. The van der Waals surface area contributed by atoms with Crippen LogP contribution < -0.4 is 5.32 Å². The van der Waals surface area contributed by atoms with Crippen molar-refractivity contribution in [1.29, 1.82) is 0 Å². The minimum absolute atomic E-state index is 0.00912. The van der Waals surface area contributed by atoms with Crippen LogP contribution in [0.25, 0.3) is 11.3 Å². The van der Waals surface area contributed by atoms with E-state index in [9.17, 15) is 23.1 Å². The normalized spacial score (nSPS) is 17.5. The number of aromatic hydroxyl groups is 1. The average Bonchev–Trinajstić information content (AvgIpc) is 2.62. The van der Waals surface area contributed by atoms with Crippen molar-refractivity contribution in [3.05, 3.63) is 29.5 Å². The minimum atomic E-state index is -4.55. The molecule has 28 heavy (non-hydrogen) atoms. The SMILES string of the molecule is CC(=O)N1CCC[C@@H](Nc2nnc(-c3ccc(C(F)(F)F)cc3O)c(C)n2)C1. The number of rotatable bonds is 3. The molecule has 7 nitrogen and oxygen atoms in total. The van der Waals surface area contributed by atoms with Crippen molar-refractivity contribution in [2.45, 2.75) is 38.9 Å². The van der Waals surface area contributed by atoms with E-state index in [0.717, 1.165) is 31.5 Å². The van der Waals surface area contributed by atoms with Crippen LogP contribution >= 0.6 is 0 Å². The number of anilines is 1. The fourth-order valence-electron chi connectivity index (χ4n) is 3.19. The average molecular weight is 395 g/mol. The fourth-order valence-corrected chi connectivity index (χ4v) is 3.19. The molecule has 1 aliphatic rings. The van der Waals surface area contributed by atoms with Crippen LogP contribution in [0.15, 0.2) is 18.2 Å². The molecule has 0 bridgehead atoms. The number of carbonyl (C=O) groups excluding carboxylic acids is 1. The predicted molar refractivity (Wildman–Crippen MR) is 95.6 cm³/mol. The van der Waals surface area contributed by atoms with Crippen LogP contribution in [0.3, 0.4) is 0 Å². The Bertz CT molecular complexity index is 888. The molecule has 1 aromatic heterocycles. The van der Waals surface area contributed by atoms with Gasteiger partial charge in [-0.25, -0.2) is 4.98 Å². The molecule has 2 heterocycles. The molecular weight excluding hydrogens is 375 g/mol. The van der Waals surface area contributed by atoms with E-state index >= 15 is 0 Å². The summed E-state index contributed by atoms with van der Waals surface area (Å²) in [4.78, 5) is 17.6. The van der Waals surface area contributed by atoms with E-state index in [1.807, 2.05) is 0 Å². The summed E-state index contributed by atoms with van der Waals surface area (Å²) in [6.07, 6.45) is -2.83. The van der Waals surface area contributed by atoms with Gasteiger partial charge in [0.25, 0.3) is 0 Å². The molecular formula is C18H20F3N5O2. The van der Waals surface area contributed by atoms with Crippen molar-refractivity contribution in [1.82, 2.24) is 20.1 Å². The first kappa shape index (κ1) is 19.8. The summed E-state index contributed by atoms with van der Waals surface area (Å²) < 4.78 is 38.3. The number of likely N-dealkylation sites (tertiary alicyclic amines) is 1. The van der Waals surface area contributed by atoms with E-state index < -0.39 is 17.5 Å². The molecule has 2 aromatic rings. The summed E-state index contributed by atoms with van der Waals surface area (Å²) >= 11 is 0. The minimum Gasteiger partial charge on any atom is -0.507 e. The molecule has 1 aliphatic heterocycles. The van der Waals surface area contributed by atoms with E-state index in [2.05, 4.69) is 20.5 Å². The van der Waals surface area contributed by atoms with Gasteiger partial charge in [0.15, 0.2) is 0 Å². The maximum atomic E-state index is 12.8. The number of carbonyl (C=O) groups is 1. The van der Waals surface area contributed by atoms with E-state index in [-0.39, 0.29) is 29.2 Å². The zero-order chi connectivity index (χ0) is 20.5. The van der Waals surface area contributed by atoms with Crippen LogP contribution in [-0.4, -0.2) is 50.2 Å². The fraction of sp³-hybridized carbons (Fsp3) is 0.444. The number of aryl methyl sites for hydroxylation is 1. The molecule has 1 aromatic carbocycles. The quantitative estimate of drug-likeness (QED) is 0.830. The van der Waals surface area contributed by atoms with Crippen LogP contribution in [0.1, 0.15) is 31.0 Å². The first-order chi connectivity index (χ1) is 13.1. The summed E-state index contributed by atoms with van der Waals surface area (Å²) in [5, 5.41) is 21.1. The number of phenols is 1. The second-order valence-corrected chi connectivity index (χ2v) is 6.75. The van der Waals surface area contributed by atoms with E-state index in [1.165, 1.54) is 6.92 Å². The Balaban J connectivity index is 1.78. The maximum absolute atomic E-state index is 12.8. The van der Waals surface area contributed by atoms with Crippen LogP contribution in [-0.2, 0) is 11.0 Å². The van der Waals surface area contributed by atoms with Crippen molar-refractivity contribution < 1.29 is 23.1 Å². The number of nitrogens with zero attached hydrogens (tertiary/aromatic N) is 4. The highest BCUT2D eigenvalue weighted by atomic mass is 19.4. The highest BCUT2D eigenvalue weighted by Gasteiger charge is 2.31. The van der Waals surface area contributed by atoms with Crippen LogP contribution in [0.2, 0.25) is 0 Å². The molecule has 1 atom stereocenters. The third-order valence-corrected chi connectivity index (χ3v) is 4.64. The van der Waals surface area contributed by atoms with Crippen molar-refractivity contribution in [3.8, 4) is 17.0 Å². The lowest BCUT2D eigenvalue weighted by Gasteiger charge is -2.32. The molecule has 1 amide bonds. The van der Waals surface area contributed by atoms with E-state index in [1.54, 1.807) is 11.8 Å². The second kappa shape index (κ2) is 7.61. The molecule has 150 valence electrons. The Morgan fingerprint density at radius 1 is 1.32 bits per heavy atom. The van der Waals surface area contributed by atoms with Crippen LogP contribution in [0.4, 0.5) is 19.1 Å². The second-order valence-electron chi connectivity index (χ2n) is 6.75. The van der Waals surface area contributed by atoms with Crippen molar-refractivity contribution in [2.75, 3.05) is 18.4 Å². The smallest absolute Gasteiger partial charge is 0.416 e. The summed E-state index contributed by atoms with van der Waals surface area (Å²) in [7, 11) is 0. The number of amides is 1. The Morgan fingerprint density at radius 3 is 2.68 bits per heavy atom. The number of aromatic nitrogens is 3. The van der Waals surface area contributed by atoms with Gasteiger partial charge in [0, 0.05) is 31.6 Å². The lowest BCUT2D eigenvalue weighted by atomic mass is 10.1. The van der Waals surface area contributed by atoms with Crippen molar-refractivity contribution in [3.63, 3.8) is 0 Å². The predicted octanol–water partition coefficient (Wildman–Crippen LogP) is 2.99. The number of halogens is 3. The number of nitrogens with one attached hydrogen (secondary N) is 1. The van der Waals surface area contributed by atoms with Gasteiger partial charge in [-0.05, 0) is 38.0 Å². The molecule has 0 unspecified atom stereocenters. The number of hydrogen-bond acceptors (Lipinski definition) is 6. The number of phenolic OH excluding ortho intramolecular Hbond substituents is 1. The number of hydrogen-bond donors (Lipinski definition) is 2. The first-order valence-corrected chi connectivity index (χ1v) is 8.79. The third-order valence-electron chi connectivity index (χ3n) is 4.64. The van der Waals surface area contributed by atoms with Gasteiger partial charge in [-0.1, -0.05) is 0 Å². The van der Waals surface area contributed by atoms with Gasteiger partial charge in [0.1, 0.15) is 11.4 Å². The lowest BCUT2D eigenvalue weighted by Crippen LogP contribution is -2.44. The Hall–Kier alpha value is -2.91. The van der Waals surface area contributed by atoms with Crippen LogP contribution in [0.5, 0.6) is 5.75 Å².